The SMILES string of the molecule is NNc1cc(C2CC2)nc(-c2ccc(Cl)cn2)n1. The molecule has 92 valence electrons. The molecule has 1 aliphatic carbocycles. The van der Waals surface area contributed by atoms with Gasteiger partial charge in [0.05, 0.1) is 5.02 Å². The van der Waals surface area contributed by atoms with Crippen molar-refractivity contribution in [2.75, 3.05) is 5.43 Å². The van der Waals surface area contributed by atoms with Crippen LogP contribution >= 0.6 is 11.6 Å². The number of anilines is 1. The maximum Gasteiger partial charge on any atom is 0.180 e. The number of nitrogen functional groups attached to an aromatic ring is 1. The van der Waals surface area contributed by atoms with Crippen LogP contribution in [0.25, 0.3) is 11.5 Å². The lowest BCUT2D eigenvalue weighted by molar-refractivity contribution is 0.984. The van der Waals surface area contributed by atoms with E-state index in [4.69, 9.17) is 17.4 Å². The van der Waals surface area contributed by atoms with Crippen LogP contribution in [-0.4, -0.2) is 15.0 Å². The fourth-order valence-electron chi connectivity index (χ4n) is 1.75. The Hall–Kier alpha value is -1.72. The number of halogens is 1. The number of rotatable bonds is 3. The Kier molecular flexibility index (Phi) is 2.85. The van der Waals surface area contributed by atoms with Gasteiger partial charge >= 0.3 is 0 Å². The fourth-order valence-corrected chi connectivity index (χ4v) is 1.86. The summed E-state index contributed by atoms with van der Waals surface area (Å²) in [5, 5.41) is 0.592. The molecule has 3 rings (SSSR count). The van der Waals surface area contributed by atoms with Crippen LogP contribution in [0.2, 0.25) is 5.02 Å². The second-order valence-corrected chi connectivity index (χ2v) is 4.72. The van der Waals surface area contributed by atoms with Crippen molar-refractivity contribution >= 4 is 17.4 Å². The first-order valence-corrected chi connectivity index (χ1v) is 6.11. The van der Waals surface area contributed by atoms with Crippen molar-refractivity contribution in [2.45, 2.75) is 18.8 Å². The molecule has 3 N–H and O–H groups in total. The summed E-state index contributed by atoms with van der Waals surface area (Å²) in [5.74, 6) is 7.15. The van der Waals surface area contributed by atoms with E-state index in [1.165, 1.54) is 12.8 Å². The molecule has 0 radical (unpaired) electrons. The third kappa shape index (κ3) is 2.27. The van der Waals surface area contributed by atoms with E-state index in [2.05, 4.69) is 20.4 Å². The van der Waals surface area contributed by atoms with Gasteiger partial charge in [-0.2, -0.15) is 0 Å². The lowest BCUT2D eigenvalue weighted by Crippen LogP contribution is -2.10. The van der Waals surface area contributed by atoms with Crippen LogP contribution in [0.3, 0.4) is 0 Å². The van der Waals surface area contributed by atoms with Gasteiger partial charge in [-0.25, -0.2) is 15.8 Å². The van der Waals surface area contributed by atoms with E-state index in [0.29, 0.717) is 28.3 Å². The lowest BCUT2D eigenvalue weighted by atomic mass is 10.2. The summed E-state index contributed by atoms with van der Waals surface area (Å²) >= 11 is 5.81. The van der Waals surface area contributed by atoms with Crippen molar-refractivity contribution in [3.63, 3.8) is 0 Å². The van der Waals surface area contributed by atoms with Gasteiger partial charge < -0.3 is 5.43 Å². The zero-order chi connectivity index (χ0) is 12.5. The Morgan fingerprint density at radius 1 is 1.28 bits per heavy atom. The van der Waals surface area contributed by atoms with Crippen LogP contribution in [0.5, 0.6) is 0 Å². The number of aromatic nitrogens is 3. The molecular formula is C12H12ClN5. The minimum Gasteiger partial charge on any atom is -0.308 e. The molecule has 6 heteroatoms. The van der Waals surface area contributed by atoms with Crippen LogP contribution in [0, 0.1) is 0 Å². The van der Waals surface area contributed by atoms with Gasteiger partial charge in [0.25, 0.3) is 0 Å². The summed E-state index contributed by atoms with van der Waals surface area (Å²) in [6.45, 7) is 0. The predicted molar refractivity (Wildman–Crippen MR) is 70.1 cm³/mol. The van der Waals surface area contributed by atoms with Crippen LogP contribution < -0.4 is 11.3 Å². The number of pyridine rings is 1. The molecule has 18 heavy (non-hydrogen) atoms. The van der Waals surface area contributed by atoms with Crippen LogP contribution in [0.15, 0.2) is 24.4 Å². The molecule has 2 heterocycles. The number of nitrogens with zero attached hydrogens (tertiary/aromatic N) is 3. The molecular weight excluding hydrogens is 250 g/mol. The quantitative estimate of drug-likeness (QED) is 0.655. The van der Waals surface area contributed by atoms with Crippen LogP contribution in [0.1, 0.15) is 24.5 Å². The van der Waals surface area contributed by atoms with E-state index in [1.807, 2.05) is 6.07 Å². The number of hydrogen-bond donors (Lipinski definition) is 2. The normalized spacial score (nSPS) is 14.6. The Balaban J connectivity index is 2.04. The Morgan fingerprint density at radius 2 is 2.11 bits per heavy atom. The second-order valence-electron chi connectivity index (χ2n) is 4.28. The molecule has 2 aromatic heterocycles. The number of nitrogens with two attached hydrogens (primary N) is 1. The van der Waals surface area contributed by atoms with Gasteiger partial charge in [-0.1, -0.05) is 11.6 Å². The zero-order valence-electron chi connectivity index (χ0n) is 9.60. The highest BCUT2D eigenvalue weighted by molar-refractivity contribution is 6.30. The van der Waals surface area contributed by atoms with E-state index in [0.717, 1.165) is 5.69 Å². The smallest absolute Gasteiger partial charge is 0.180 e. The summed E-state index contributed by atoms with van der Waals surface area (Å²) in [5.41, 5.74) is 4.28. The zero-order valence-corrected chi connectivity index (χ0v) is 10.4. The topological polar surface area (TPSA) is 76.7 Å². The maximum absolute atomic E-state index is 5.81. The fraction of sp³-hybridized carbons (Fsp3) is 0.250. The minimum atomic E-state index is 0.533. The summed E-state index contributed by atoms with van der Waals surface area (Å²) < 4.78 is 0. The third-order valence-corrected chi connectivity index (χ3v) is 3.07. The highest BCUT2D eigenvalue weighted by Crippen LogP contribution is 2.40. The maximum atomic E-state index is 5.81. The molecule has 1 aliphatic rings. The Bertz CT molecular complexity index is 565. The lowest BCUT2D eigenvalue weighted by Gasteiger charge is -2.06. The number of nitrogens with one attached hydrogen (secondary N) is 1. The molecule has 0 atom stereocenters. The van der Waals surface area contributed by atoms with Crippen molar-refractivity contribution in [3.8, 4) is 11.5 Å². The van der Waals surface area contributed by atoms with E-state index < -0.39 is 0 Å². The first-order valence-electron chi connectivity index (χ1n) is 5.74. The monoisotopic (exact) mass is 261 g/mol. The molecule has 0 bridgehead atoms. The summed E-state index contributed by atoms with van der Waals surface area (Å²) in [7, 11) is 0. The highest BCUT2D eigenvalue weighted by atomic mass is 35.5. The molecule has 1 fully saturated rings. The van der Waals surface area contributed by atoms with Gasteiger partial charge in [-0.15, -0.1) is 0 Å². The second kappa shape index (κ2) is 4.51. The van der Waals surface area contributed by atoms with Gasteiger partial charge in [-0.3, -0.25) is 4.98 Å². The first-order chi connectivity index (χ1) is 8.76. The standard InChI is InChI=1S/C12H12ClN5/c13-8-3-4-9(15-6-8)12-16-10(7-1-2-7)5-11(17-12)18-14/h3-7H,1-2,14H2,(H,16,17,18). The van der Waals surface area contributed by atoms with Gasteiger partial charge in [0.15, 0.2) is 5.82 Å². The number of hydrazine groups is 1. The third-order valence-electron chi connectivity index (χ3n) is 2.85. The Labute approximate surface area is 109 Å². The van der Waals surface area contributed by atoms with Crippen LogP contribution in [0.4, 0.5) is 5.82 Å². The molecule has 2 aromatic rings. The average molecular weight is 262 g/mol. The minimum absolute atomic E-state index is 0.533. The first kappa shape index (κ1) is 11.4. The summed E-state index contributed by atoms with van der Waals surface area (Å²) in [6, 6.07) is 5.46. The molecule has 0 spiro atoms. The summed E-state index contributed by atoms with van der Waals surface area (Å²) in [6.07, 6.45) is 3.93. The predicted octanol–water partition coefficient (Wildman–Crippen LogP) is 2.35. The van der Waals surface area contributed by atoms with Crippen molar-refractivity contribution in [1.29, 1.82) is 0 Å². The van der Waals surface area contributed by atoms with E-state index in [-0.39, 0.29) is 0 Å². The largest absolute Gasteiger partial charge is 0.308 e. The van der Waals surface area contributed by atoms with Crippen molar-refractivity contribution in [2.24, 2.45) is 5.84 Å². The van der Waals surface area contributed by atoms with E-state index >= 15 is 0 Å². The van der Waals surface area contributed by atoms with Gasteiger partial charge in [0.1, 0.15) is 11.5 Å². The Morgan fingerprint density at radius 3 is 2.72 bits per heavy atom. The highest BCUT2D eigenvalue weighted by Gasteiger charge is 2.26. The molecule has 0 aliphatic heterocycles. The molecule has 1 saturated carbocycles. The molecule has 0 unspecified atom stereocenters. The van der Waals surface area contributed by atoms with E-state index in [9.17, 15) is 0 Å². The summed E-state index contributed by atoms with van der Waals surface area (Å²) in [4.78, 5) is 13.1. The molecule has 5 nitrogen and oxygen atoms in total. The van der Waals surface area contributed by atoms with Crippen LogP contribution in [-0.2, 0) is 0 Å². The van der Waals surface area contributed by atoms with Gasteiger partial charge in [-0.05, 0) is 25.0 Å². The van der Waals surface area contributed by atoms with Crippen molar-refractivity contribution in [1.82, 2.24) is 15.0 Å². The van der Waals surface area contributed by atoms with Gasteiger partial charge in [0.2, 0.25) is 0 Å². The molecule has 0 aromatic carbocycles. The van der Waals surface area contributed by atoms with Gasteiger partial charge in [0, 0.05) is 23.9 Å². The number of hydrogen-bond acceptors (Lipinski definition) is 5. The van der Waals surface area contributed by atoms with Crippen molar-refractivity contribution < 1.29 is 0 Å². The van der Waals surface area contributed by atoms with E-state index in [1.54, 1.807) is 18.3 Å². The molecule has 0 amide bonds. The molecule has 0 saturated heterocycles. The average Bonchev–Trinajstić information content (AvgIpc) is 3.23. The van der Waals surface area contributed by atoms with Crippen molar-refractivity contribution in [3.05, 3.63) is 35.1 Å².